The highest BCUT2D eigenvalue weighted by molar-refractivity contribution is 7.89. The van der Waals surface area contributed by atoms with Crippen LogP contribution in [0.1, 0.15) is 35.2 Å². The van der Waals surface area contributed by atoms with Crippen LogP contribution in [-0.4, -0.2) is 33.5 Å². The molecule has 1 atom stereocenters. The predicted molar refractivity (Wildman–Crippen MR) is 101 cm³/mol. The van der Waals surface area contributed by atoms with Gasteiger partial charge < -0.3 is 9.47 Å². The van der Waals surface area contributed by atoms with Crippen molar-refractivity contribution in [2.24, 2.45) is 0 Å². The smallest absolute Gasteiger partial charge is 0.243 e. The lowest BCUT2D eigenvalue weighted by molar-refractivity contribution is 0.318. The second-order valence-electron chi connectivity index (χ2n) is 6.72. The summed E-state index contributed by atoms with van der Waals surface area (Å²) in [5, 5.41) is 0. The Morgan fingerprint density at radius 1 is 1.04 bits per heavy atom. The first kappa shape index (κ1) is 18.7. The summed E-state index contributed by atoms with van der Waals surface area (Å²) in [6, 6.07) is 9.11. The second-order valence-corrected chi connectivity index (χ2v) is 8.58. The van der Waals surface area contributed by atoms with Crippen molar-refractivity contribution in [2.75, 3.05) is 20.8 Å². The maximum absolute atomic E-state index is 13.3. The van der Waals surface area contributed by atoms with Gasteiger partial charge in [0, 0.05) is 12.6 Å². The third kappa shape index (κ3) is 3.08. The molecule has 3 rings (SSSR count). The number of hydrogen-bond donors (Lipinski definition) is 0. The normalized spacial score (nSPS) is 17.7. The molecule has 1 heterocycles. The van der Waals surface area contributed by atoms with E-state index >= 15 is 0 Å². The van der Waals surface area contributed by atoms with Gasteiger partial charge in [0.1, 0.15) is 0 Å². The van der Waals surface area contributed by atoms with Crippen molar-refractivity contribution in [3.63, 3.8) is 0 Å². The Labute approximate surface area is 155 Å². The average molecular weight is 375 g/mol. The highest BCUT2D eigenvalue weighted by Gasteiger charge is 2.35. The summed E-state index contributed by atoms with van der Waals surface area (Å²) < 4.78 is 39.0. The second kappa shape index (κ2) is 6.93. The van der Waals surface area contributed by atoms with Crippen LogP contribution in [0.3, 0.4) is 0 Å². The summed E-state index contributed by atoms with van der Waals surface area (Å²) in [5.74, 6) is 1.29. The summed E-state index contributed by atoms with van der Waals surface area (Å²) in [4.78, 5) is 0.383. The molecule has 0 aromatic heterocycles. The summed E-state index contributed by atoms with van der Waals surface area (Å²) in [7, 11) is -0.390. The zero-order valence-corrected chi connectivity index (χ0v) is 16.7. The van der Waals surface area contributed by atoms with Gasteiger partial charge in [-0.15, -0.1) is 0 Å². The molecule has 0 amide bonds. The number of fused-ring (bicyclic) bond motifs is 1. The number of methoxy groups -OCH3 is 2. The fraction of sp³-hybridized carbons (Fsp3) is 0.400. The Kier molecular flexibility index (Phi) is 4.99. The van der Waals surface area contributed by atoms with Gasteiger partial charge in [0.05, 0.1) is 19.1 Å². The van der Waals surface area contributed by atoms with Gasteiger partial charge in [-0.25, -0.2) is 8.42 Å². The molecule has 26 heavy (non-hydrogen) atoms. The molecule has 0 radical (unpaired) electrons. The molecule has 6 heteroatoms. The van der Waals surface area contributed by atoms with E-state index in [0.717, 1.165) is 22.3 Å². The van der Waals surface area contributed by atoms with Crippen LogP contribution in [0, 0.1) is 13.8 Å². The number of aryl methyl sites for hydroxylation is 2. The molecule has 0 saturated carbocycles. The molecule has 5 nitrogen and oxygen atoms in total. The monoisotopic (exact) mass is 375 g/mol. The minimum atomic E-state index is -3.58. The van der Waals surface area contributed by atoms with E-state index in [0.29, 0.717) is 29.4 Å². The Morgan fingerprint density at radius 3 is 2.35 bits per heavy atom. The molecule has 1 aliphatic heterocycles. The fourth-order valence-electron chi connectivity index (χ4n) is 3.56. The zero-order valence-electron chi connectivity index (χ0n) is 15.9. The van der Waals surface area contributed by atoms with Crippen LogP contribution in [0.15, 0.2) is 35.2 Å². The van der Waals surface area contributed by atoms with Gasteiger partial charge in [0.15, 0.2) is 11.5 Å². The van der Waals surface area contributed by atoms with Crippen molar-refractivity contribution in [1.29, 1.82) is 0 Å². The van der Waals surface area contributed by atoms with Gasteiger partial charge in [-0.05, 0) is 67.6 Å². The van der Waals surface area contributed by atoms with Crippen LogP contribution in [0.5, 0.6) is 11.5 Å². The number of benzene rings is 2. The fourth-order valence-corrected chi connectivity index (χ4v) is 5.49. The maximum Gasteiger partial charge on any atom is 0.243 e. The highest BCUT2D eigenvalue weighted by atomic mass is 32.2. The van der Waals surface area contributed by atoms with E-state index in [9.17, 15) is 8.42 Å². The number of hydrogen-bond acceptors (Lipinski definition) is 4. The van der Waals surface area contributed by atoms with E-state index in [-0.39, 0.29) is 6.04 Å². The first-order chi connectivity index (χ1) is 12.3. The summed E-state index contributed by atoms with van der Waals surface area (Å²) in [6.07, 6.45) is 0.643. The average Bonchev–Trinajstić information content (AvgIpc) is 2.62. The quantitative estimate of drug-likeness (QED) is 0.819. The lowest BCUT2D eigenvalue weighted by Gasteiger charge is -2.35. The molecule has 0 N–H and O–H groups in total. The molecule has 140 valence electrons. The largest absolute Gasteiger partial charge is 0.493 e. The molecule has 2 aromatic rings. The molecule has 0 fully saturated rings. The third-order valence-corrected chi connectivity index (χ3v) is 7.17. The van der Waals surface area contributed by atoms with Crippen LogP contribution in [0.4, 0.5) is 0 Å². The Bertz CT molecular complexity index is 937. The molecule has 0 unspecified atom stereocenters. The molecular formula is C20H25NO4S. The standard InChI is InChI=1S/C20H25NO4S/c1-13-6-7-14(2)20(10-13)26(22,23)21-9-8-16-11-18(24-4)19(25-5)12-17(16)15(21)3/h6-7,10-12,15H,8-9H2,1-5H3/t15-/m1/s1. The summed E-state index contributed by atoms with van der Waals surface area (Å²) in [5.41, 5.74) is 3.76. The molecule has 0 spiro atoms. The van der Waals surface area contributed by atoms with Crippen LogP contribution in [0.2, 0.25) is 0 Å². The lowest BCUT2D eigenvalue weighted by atomic mass is 9.94. The van der Waals surface area contributed by atoms with Crippen molar-refractivity contribution in [2.45, 2.75) is 38.1 Å². The van der Waals surface area contributed by atoms with E-state index in [1.165, 1.54) is 0 Å². The van der Waals surface area contributed by atoms with Crippen molar-refractivity contribution in [3.05, 3.63) is 52.6 Å². The minimum Gasteiger partial charge on any atom is -0.493 e. The first-order valence-corrected chi connectivity index (χ1v) is 10.1. The van der Waals surface area contributed by atoms with Crippen LogP contribution >= 0.6 is 0 Å². The van der Waals surface area contributed by atoms with Gasteiger partial charge in [-0.2, -0.15) is 4.31 Å². The molecular weight excluding hydrogens is 350 g/mol. The van der Waals surface area contributed by atoms with Crippen LogP contribution in [0.25, 0.3) is 0 Å². The van der Waals surface area contributed by atoms with Gasteiger partial charge in [-0.1, -0.05) is 12.1 Å². The van der Waals surface area contributed by atoms with Crippen molar-refractivity contribution in [3.8, 4) is 11.5 Å². The highest BCUT2D eigenvalue weighted by Crippen LogP contribution is 2.40. The van der Waals surface area contributed by atoms with E-state index in [2.05, 4.69) is 0 Å². The number of rotatable bonds is 4. The van der Waals surface area contributed by atoms with E-state index in [1.54, 1.807) is 24.6 Å². The van der Waals surface area contributed by atoms with Gasteiger partial charge in [-0.3, -0.25) is 0 Å². The van der Waals surface area contributed by atoms with Crippen molar-refractivity contribution < 1.29 is 17.9 Å². The third-order valence-electron chi connectivity index (χ3n) is 5.06. The Hall–Kier alpha value is -2.05. The summed E-state index contributed by atoms with van der Waals surface area (Å²) >= 11 is 0. The predicted octanol–water partition coefficient (Wildman–Crippen LogP) is 3.63. The van der Waals surface area contributed by atoms with E-state index in [1.807, 2.05) is 45.0 Å². The van der Waals surface area contributed by atoms with Crippen LogP contribution < -0.4 is 9.47 Å². The number of sulfonamides is 1. The number of nitrogens with zero attached hydrogens (tertiary/aromatic N) is 1. The van der Waals surface area contributed by atoms with Crippen molar-refractivity contribution >= 4 is 10.0 Å². The van der Waals surface area contributed by atoms with E-state index < -0.39 is 10.0 Å². The SMILES string of the molecule is COc1cc2c(cc1OC)[C@@H](C)N(S(=O)(=O)c1cc(C)ccc1C)CC2. The minimum absolute atomic E-state index is 0.275. The molecule has 2 aromatic carbocycles. The van der Waals surface area contributed by atoms with E-state index in [4.69, 9.17) is 9.47 Å². The van der Waals surface area contributed by atoms with Crippen molar-refractivity contribution in [1.82, 2.24) is 4.31 Å². The van der Waals surface area contributed by atoms with Gasteiger partial charge >= 0.3 is 0 Å². The van der Waals surface area contributed by atoms with Gasteiger partial charge in [0.25, 0.3) is 0 Å². The van der Waals surface area contributed by atoms with Gasteiger partial charge in [0.2, 0.25) is 10.0 Å². The van der Waals surface area contributed by atoms with Crippen LogP contribution in [-0.2, 0) is 16.4 Å². The molecule has 0 bridgehead atoms. The zero-order chi connectivity index (χ0) is 19.1. The molecule has 0 saturated heterocycles. The maximum atomic E-state index is 13.3. The topological polar surface area (TPSA) is 55.8 Å². The molecule has 0 aliphatic carbocycles. The Balaban J connectivity index is 2.06. The molecule has 1 aliphatic rings. The summed E-state index contributed by atoms with van der Waals surface area (Å²) in [6.45, 7) is 6.11. The lowest BCUT2D eigenvalue weighted by Crippen LogP contribution is -2.39. The Morgan fingerprint density at radius 2 is 1.69 bits per heavy atom. The number of ether oxygens (including phenoxy) is 2. The first-order valence-electron chi connectivity index (χ1n) is 8.63.